The summed E-state index contributed by atoms with van der Waals surface area (Å²) in [6, 6.07) is 4.82. The van der Waals surface area contributed by atoms with Crippen molar-refractivity contribution in [2.24, 2.45) is 0 Å². The molecule has 7 heteroatoms. The summed E-state index contributed by atoms with van der Waals surface area (Å²) in [4.78, 5) is 22.2. The maximum absolute atomic E-state index is 11.6. The highest BCUT2D eigenvalue weighted by atomic mass is 16.6. The summed E-state index contributed by atoms with van der Waals surface area (Å²) >= 11 is 0. The number of benzene rings is 1. The molecule has 0 bridgehead atoms. The molecule has 1 aromatic rings. The molecule has 1 atom stereocenters. The van der Waals surface area contributed by atoms with Crippen LogP contribution in [0.3, 0.4) is 0 Å². The lowest BCUT2D eigenvalue weighted by Crippen LogP contribution is -2.24. The van der Waals surface area contributed by atoms with Gasteiger partial charge in [0.15, 0.2) is 0 Å². The number of carbonyl (C=O) groups excluding carboxylic acids is 1. The van der Waals surface area contributed by atoms with Gasteiger partial charge in [0.2, 0.25) is 0 Å². The third-order valence-corrected chi connectivity index (χ3v) is 3.65. The Hall–Kier alpha value is -2.15. The number of anilines is 1. The number of nitro groups is 1. The van der Waals surface area contributed by atoms with Gasteiger partial charge in [0.1, 0.15) is 5.69 Å². The first-order valence-corrected chi connectivity index (χ1v) is 7.09. The van der Waals surface area contributed by atoms with E-state index in [0.717, 1.165) is 19.4 Å². The van der Waals surface area contributed by atoms with Crippen LogP contribution in [0.5, 0.6) is 0 Å². The summed E-state index contributed by atoms with van der Waals surface area (Å²) < 4.78 is 0. The first-order chi connectivity index (χ1) is 10.1. The van der Waals surface area contributed by atoms with Crippen LogP contribution in [-0.4, -0.2) is 37.0 Å². The molecule has 21 heavy (non-hydrogen) atoms. The van der Waals surface area contributed by atoms with Gasteiger partial charge < -0.3 is 16.0 Å². The van der Waals surface area contributed by atoms with Crippen LogP contribution >= 0.6 is 0 Å². The molecule has 1 saturated heterocycles. The van der Waals surface area contributed by atoms with Crippen LogP contribution in [0.4, 0.5) is 11.4 Å². The summed E-state index contributed by atoms with van der Waals surface area (Å²) in [5.41, 5.74) is 0.783. The number of amides is 1. The van der Waals surface area contributed by atoms with E-state index in [1.165, 1.54) is 31.7 Å². The van der Waals surface area contributed by atoms with Crippen LogP contribution in [0.2, 0.25) is 0 Å². The van der Waals surface area contributed by atoms with Crippen molar-refractivity contribution in [3.05, 3.63) is 33.9 Å². The Morgan fingerprint density at radius 1 is 1.52 bits per heavy atom. The average Bonchev–Trinajstić information content (AvgIpc) is 2.99. The molecule has 1 fully saturated rings. The van der Waals surface area contributed by atoms with Gasteiger partial charge in [-0.25, -0.2) is 0 Å². The van der Waals surface area contributed by atoms with Gasteiger partial charge in [-0.3, -0.25) is 14.9 Å². The minimum atomic E-state index is -0.441. The molecule has 1 aliphatic heterocycles. The molecular weight excluding hydrogens is 272 g/mol. The number of hydrogen-bond donors (Lipinski definition) is 3. The second-order valence-corrected chi connectivity index (χ2v) is 5.08. The molecule has 1 amide bonds. The van der Waals surface area contributed by atoms with Crippen LogP contribution < -0.4 is 16.0 Å². The normalized spacial score (nSPS) is 17.5. The summed E-state index contributed by atoms with van der Waals surface area (Å²) in [7, 11) is 1.53. The highest BCUT2D eigenvalue weighted by Gasteiger charge is 2.17. The van der Waals surface area contributed by atoms with E-state index in [0.29, 0.717) is 23.8 Å². The summed E-state index contributed by atoms with van der Waals surface area (Å²) in [5, 5.41) is 20.0. The van der Waals surface area contributed by atoms with E-state index in [2.05, 4.69) is 16.0 Å². The van der Waals surface area contributed by atoms with Crippen LogP contribution in [0.25, 0.3) is 0 Å². The maximum atomic E-state index is 11.6. The van der Waals surface area contributed by atoms with Crippen LogP contribution in [0.15, 0.2) is 18.2 Å². The molecule has 0 spiro atoms. The number of carbonyl (C=O) groups is 1. The fourth-order valence-corrected chi connectivity index (χ4v) is 2.51. The lowest BCUT2D eigenvalue weighted by molar-refractivity contribution is -0.384. The zero-order valence-corrected chi connectivity index (χ0v) is 12.0. The minimum absolute atomic E-state index is 0.0120. The first kappa shape index (κ1) is 15.2. The van der Waals surface area contributed by atoms with Crippen molar-refractivity contribution in [1.29, 1.82) is 0 Å². The van der Waals surface area contributed by atoms with Crippen molar-refractivity contribution < 1.29 is 9.72 Å². The van der Waals surface area contributed by atoms with Gasteiger partial charge in [0.05, 0.1) is 4.92 Å². The first-order valence-electron chi connectivity index (χ1n) is 7.09. The summed E-state index contributed by atoms with van der Waals surface area (Å²) in [5.74, 6) is -0.259. The molecule has 1 heterocycles. The van der Waals surface area contributed by atoms with Gasteiger partial charge in [-0.05, 0) is 37.9 Å². The SMILES string of the molecule is CNC(=O)c1ccc([N+](=O)[O-])c(NCC[C@@H]2CCCN2)c1. The van der Waals surface area contributed by atoms with E-state index in [1.807, 2.05) is 0 Å². The van der Waals surface area contributed by atoms with Gasteiger partial charge >= 0.3 is 0 Å². The fraction of sp³-hybridized carbons (Fsp3) is 0.500. The highest BCUT2D eigenvalue weighted by molar-refractivity contribution is 5.95. The maximum Gasteiger partial charge on any atom is 0.292 e. The Kier molecular flexibility index (Phi) is 5.10. The van der Waals surface area contributed by atoms with Gasteiger partial charge in [0.25, 0.3) is 11.6 Å². The lowest BCUT2D eigenvalue weighted by atomic mass is 10.1. The Balaban J connectivity index is 2.06. The van der Waals surface area contributed by atoms with Crippen LogP contribution in [-0.2, 0) is 0 Å². The van der Waals surface area contributed by atoms with E-state index < -0.39 is 4.92 Å². The molecule has 0 unspecified atom stereocenters. The Morgan fingerprint density at radius 2 is 2.33 bits per heavy atom. The van der Waals surface area contributed by atoms with E-state index in [1.54, 1.807) is 0 Å². The fourth-order valence-electron chi connectivity index (χ4n) is 2.51. The molecule has 0 saturated carbocycles. The van der Waals surface area contributed by atoms with Crippen molar-refractivity contribution in [1.82, 2.24) is 10.6 Å². The third-order valence-electron chi connectivity index (χ3n) is 3.65. The van der Waals surface area contributed by atoms with Crippen molar-refractivity contribution in [3.8, 4) is 0 Å². The summed E-state index contributed by atoms with van der Waals surface area (Å²) in [6.45, 7) is 1.67. The van der Waals surface area contributed by atoms with E-state index in [9.17, 15) is 14.9 Å². The monoisotopic (exact) mass is 292 g/mol. The molecule has 2 rings (SSSR count). The molecular formula is C14H20N4O3. The molecule has 0 aliphatic carbocycles. The summed E-state index contributed by atoms with van der Waals surface area (Å²) in [6.07, 6.45) is 3.22. The quantitative estimate of drug-likeness (QED) is 0.545. The van der Waals surface area contributed by atoms with Crippen LogP contribution in [0.1, 0.15) is 29.6 Å². The third kappa shape index (κ3) is 3.91. The number of hydrogen-bond acceptors (Lipinski definition) is 5. The standard InChI is InChI=1S/C14H20N4O3/c1-15-14(19)10-4-5-13(18(20)21)12(9-10)17-8-6-11-3-2-7-16-11/h4-5,9,11,16-17H,2-3,6-8H2,1H3,(H,15,19)/t11-/m0/s1. The van der Waals surface area contributed by atoms with Gasteiger partial charge in [-0.15, -0.1) is 0 Å². The second-order valence-electron chi connectivity index (χ2n) is 5.08. The van der Waals surface area contributed by atoms with Gasteiger partial charge in [-0.1, -0.05) is 0 Å². The highest BCUT2D eigenvalue weighted by Crippen LogP contribution is 2.25. The van der Waals surface area contributed by atoms with Gasteiger partial charge in [0, 0.05) is 31.3 Å². The van der Waals surface area contributed by atoms with Gasteiger partial charge in [-0.2, -0.15) is 0 Å². The zero-order valence-electron chi connectivity index (χ0n) is 12.0. The Labute approximate surface area is 123 Å². The molecule has 1 aromatic carbocycles. The second kappa shape index (κ2) is 7.03. The predicted molar refractivity (Wildman–Crippen MR) is 80.6 cm³/mol. The van der Waals surface area contributed by atoms with Crippen molar-refractivity contribution in [2.75, 3.05) is 25.5 Å². The lowest BCUT2D eigenvalue weighted by Gasteiger charge is -2.12. The molecule has 7 nitrogen and oxygen atoms in total. The number of rotatable bonds is 6. The van der Waals surface area contributed by atoms with E-state index in [-0.39, 0.29) is 11.6 Å². The largest absolute Gasteiger partial charge is 0.379 e. The number of nitrogens with zero attached hydrogens (tertiary/aromatic N) is 1. The van der Waals surface area contributed by atoms with Crippen LogP contribution in [0, 0.1) is 10.1 Å². The zero-order chi connectivity index (χ0) is 15.2. The Morgan fingerprint density at radius 3 is 2.95 bits per heavy atom. The Bertz CT molecular complexity index is 527. The molecule has 3 N–H and O–H groups in total. The predicted octanol–water partition coefficient (Wildman–Crippen LogP) is 1.51. The number of nitro benzene ring substituents is 1. The average molecular weight is 292 g/mol. The van der Waals surface area contributed by atoms with Crippen molar-refractivity contribution >= 4 is 17.3 Å². The number of nitrogens with one attached hydrogen (secondary N) is 3. The smallest absolute Gasteiger partial charge is 0.292 e. The van der Waals surface area contributed by atoms with Crippen molar-refractivity contribution in [3.63, 3.8) is 0 Å². The molecule has 0 radical (unpaired) electrons. The molecule has 114 valence electrons. The van der Waals surface area contributed by atoms with E-state index >= 15 is 0 Å². The topological polar surface area (TPSA) is 96.3 Å². The van der Waals surface area contributed by atoms with Crippen molar-refractivity contribution in [2.45, 2.75) is 25.3 Å². The molecule has 1 aliphatic rings. The minimum Gasteiger partial charge on any atom is -0.379 e. The molecule has 0 aromatic heterocycles. The van der Waals surface area contributed by atoms with E-state index in [4.69, 9.17) is 0 Å².